The zero-order valence-electron chi connectivity index (χ0n) is 24.1. The third kappa shape index (κ3) is 7.27. The molecule has 0 unspecified atom stereocenters. The number of carbonyl (C=O) groups excluding carboxylic acids is 1. The van der Waals surface area contributed by atoms with Crippen LogP contribution in [0.25, 0.3) is 10.4 Å². The van der Waals surface area contributed by atoms with Gasteiger partial charge in [-0.25, -0.2) is 19.2 Å². The second-order valence-corrected chi connectivity index (χ2v) is 10.2. The van der Waals surface area contributed by atoms with Crippen molar-refractivity contribution in [2.24, 2.45) is 10.1 Å². The summed E-state index contributed by atoms with van der Waals surface area (Å²) in [5, 5.41) is 12.9. The van der Waals surface area contributed by atoms with Gasteiger partial charge in [0.25, 0.3) is 5.91 Å². The standard InChI is InChI=1S/C33H30F2N6O4/c34-25-13-16-28(35)24(19-25)21-37-40-32(43)33(20-22-7-2-1-3-8-22)30(27-9-4-5-10-29(27)39-41-36)45-31(38-33)23-11-14-26(15-12-23)44-18-6-17-42/h1-5,7-16,19,30,37,42H,6,17-18,20-21H2,(H,40,43)/t30-,33-/m0/s1. The minimum atomic E-state index is -1.64. The highest BCUT2D eigenvalue weighted by Crippen LogP contribution is 2.45. The van der Waals surface area contributed by atoms with Crippen LogP contribution in [0.5, 0.6) is 5.75 Å². The predicted molar refractivity (Wildman–Crippen MR) is 163 cm³/mol. The Bertz CT molecular complexity index is 1710. The van der Waals surface area contributed by atoms with Gasteiger partial charge in [0, 0.05) is 53.3 Å². The lowest BCUT2D eigenvalue weighted by atomic mass is 9.81. The summed E-state index contributed by atoms with van der Waals surface area (Å²) < 4.78 is 40.2. The molecule has 230 valence electrons. The Morgan fingerprint density at radius 2 is 1.80 bits per heavy atom. The second kappa shape index (κ2) is 14.5. The molecule has 1 amide bonds. The Balaban J connectivity index is 1.55. The number of carbonyl (C=O) groups is 1. The molecular weight excluding hydrogens is 582 g/mol. The number of halogens is 2. The Kier molecular flexibility index (Phi) is 10.0. The number of aliphatic imine (C=N–C) groups is 1. The van der Waals surface area contributed by atoms with Crippen molar-refractivity contribution < 1.29 is 28.2 Å². The molecule has 0 aliphatic carbocycles. The predicted octanol–water partition coefficient (Wildman–Crippen LogP) is 5.99. The molecule has 0 aromatic heterocycles. The number of benzene rings is 4. The van der Waals surface area contributed by atoms with E-state index < -0.39 is 29.2 Å². The molecule has 1 heterocycles. The number of nitrogens with one attached hydrogen (secondary N) is 2. The van der Waals surface area contributed by atoms with E-state index in [1.54, 1.807) is 48.5 Å². The van der Waals surface area contributed by atoms with Gasteiger partial charge >= 0.3 is 0 Å². The maximum Gasteiger partial charge on any atom is 0.266 e. The third-order valence-corrected chi connectivity index (χ3v) is 7.21. The van der Waals surface area contributed by atoms with Gasteiger partial charge in [0.2, 0.25) is 5.90 Å². The first-order chi connectivity index (χ1) is 21.9. The van der Waals surface area contributed by atoms with Gasteiger partial charge in [0.05, 0.1) is 6.61 Å². The topological polar surface area (TPSA) is 141 Å². The number of nitrogens with zero attached hydrogens (tertiary/aromatic N) is 4. The minimum absolute atomic E-state index is 0.0129. The van der Waals surface area contributed by atoms with E-state index in [9.17, 15) is 19.1 Å². The molecule has 3 N–H and O–H groups in total. The van der Waals surface area contributed by atoms with E-state index in [-0.39, 0.29) is 36.7 Å². The minimum Gasteiger partial charge on any atom is -0.494 e. The molecule has 2 atom stereocenters. The van der Waals surface area contributed by atoms with E-state index in [0.29, 0.717) is 29.9 Å². The lowest BCUT2D eigenvalue weighted by molar-refractivity contribution is -0.130. The molecule has 1 aliphatic heterocycles. The van der Waals surface area contributed by atoms with Gasteiger partial charge in [-0.1, -0.05) is 59.7 Å². The average molecular weight is 613 g/mol. The van der Waals surface area contributed by atoms with Gasteiger partial charge in [-0.3, -0.25) is 10.2 Å². The molecule has 4 aromatic rings. The van der Waals surface area contributed by atoms with Crippen molar-refractivity contribution in [2.45, 2.75) is 31.0 Å². The number of hydrazine groups is 1. The van der Waals surface area contributed by atoms with Gasteiger partial charge in [-0.05, 0) is 53.6 Å². The molecule has 0 fully saturated rings. The van der Waals surface area contributed by atoms with E-state index >= 15 is 0 Å². The molecule has 0 bridgehead atoms. The number of hydrogen-bond donors (Lipinski definition) is 3. The Morgan fingerprint density at radius 3 is 2.56 bits per heavy atom. The first-order valence-electron chi connectivity index (χ1n) is 14.2. The molecule has 10 nitrogen and oxygen atoms in total. The van der Waals surface area contributed by atoms with Crippen LogP contribution in [0, 0.1) is 11.6 Å². The van der Waals surface area contributed by atoms with Gasteiger partial charge in [-0.15, -0.1) is 0 Å². The molecule has 12 heteroatoms. The summed E-state index contributed by atoms with van der Waals surface area (Å²) in [4.78, 5) is 22.1. The molecular formula is C33H30F2N6O4. The molecule has 5 rings (SSSR count). The zero-order valence-corrected chi connectivity index (χ0v) is 24.1. The summed E-state index contributed by atoms with van der Waals surface area (Å²) in [5.41, 5.74) is 15.0. The smallest absolute Gasteiger partial charge is 0.266 e. The highest BCUT2D eigenvalue weighted by atomic mass is 19.1. The van der Waals surface area contributed by atoms with Crippen LogP contribution in [0.15, 0.2) is 107 Å². The fourth-order valence-corrected chi connectivity index (χ4v) is 5.02. The maximum atomic E-state index is 14.3. The summed E-state index contributed by atoms with van der Waals surface area (Å²) in [7, 11) is 0. The SMILES string of the molecule is [N-]=[N+]=Nc1ccccc1[C@@H]1OC(c2ccc(OCCCO)cc2)=N[C@]1(Cc1ccccc1)C(=O)NNCc1cc(F)ccc1F. The van der Waals surface area contributed by atoms with Crippen LogP contribution >= 0.6 is 0 Å². The largest absolute Gasteiger partial charge is 0.494 e. The van der Waals surface area contributed by atoms with E-state index in [2.05, 4.69) is 20.9 Å². The summed E-state index contributed by atoms with van der Waals surface area (Å²) in [6.07, 6.45) is -0.486. The maximum absolute atomic E-state index is 14.3. The number of aliphatic hydroxyl groups is 1. The van der Waals surface area contributed by atoms with Crippen molar-refractivity contribution in [3.8, 4) is 5.75 Å². The molecule has 1 aliphatic rings. The van der Waals surface area contributed by atoms with Crippen molar-refractivity contribution in [2.75, 3.05) is 13.2 Å². The van der Waals surface area contributed by atoms with Gasteiger partial charge in [0.15, 0.2) is 11.6 Å². The second-order valence-electron chi connectivity index (χ2n) is 10.2. The van der Waals surface area contributed by atoms with E-state index in [1.807, 2.05) is 30.3 Å². The average Bonchev–Trinajstić information content (AvgIpc) is 3.44. The van der Waals surface area contributed by atoms with Crippen LogP contribution in [0.2, 0.25) is 0 Å². The van der Waals surface area contributed by atoms with Crippen LogP contribution in [-0.2, 0) is 22.5 Å². The van der Waals surface area contributed by atoms with Crippen molar-refractivity contribution in [3.05, 3.63) is 141 Å². The number of ether oxygens (including phenoxy) is 2. The highest BCUT2D eigenvalue weighted by Gasteiger charge is 2.54. The first kappa shape index (κ1) is 31.1. The van der Waals surface area contributed by atoms with Crippen LogP contribution in [-0.4, -0.2) is 35.7 Å². The van der Waals surface area contributed by atoms with E-state index in [0.717, 1.165) is 23.8 Å². The molecule has 0 saturated heterocycles. The molecule has 4 aromatic carbocycles. The van der Waals surface area contributed by atoms with Crippen molar-refractivity contribution >= 4 is 17.5 Å². The third-order valence-electron chi connectivity index (χ3n) is 7.21. The number of azide groups is 1. The lowest BCUT2D eigenvalue weighted by Gasteiger charge is -2.31. The highest BCUT2D eigenvalue weighted by molar-refractivity contribution is 6.01. The van der Waals surface area contributed by atoms with Crippen LogP contribution in [0.1, 0.15) is 34.8 Å². The first-order valence-corrected chi connectivity index (χ1v) is 14.2. The lowest BCUT2D eigenvalue weighted by Crippen LogP contribution is -2.53. The fraction of sp³-hybridized carbons (Fsp3) is 0.212. The Labute approximate surface area is 257 Å². The number of hydrogen-bond acceptors (Lipinski definition) is 7. The normalized spacial score (nSPS) is 17.1. The Hall–Kier alpha value is -5.29. The molecule has 0 saturated carbocycles. The number of aliphatic hydroxyl groups excluding tert-OH is 1. The van der Waals surface area contributed by atoms with Crippen LogP contribution in [0.4, 0.5) is 14.5 Å². The Morgan fingerprint density at radius 1 is 1.04 bits per heavy atom. The van der Waals surface area contributed by atoms with Crippen LogP contribution in [0.3, 0.4) is 0 Å². The van der Waals surface area contributed by atoms with Crippen molar-refractivity contribution in [3.63, 3.8) is 0 Å². The van der Waals surface area contributed by atoms with Crippen LogP contribution < -0.4 is 15.6 Å². The van der Waals surface area contributed by atoms with Crippen molar-refractivity contribution in [1.82, 2.24) is 10.9 Å². The summed E-state index contributed by atoms with van der Waals surface area (Å²) in [6.45, 7) is 0.156. The van der Waals surface area contributed by atoms with E-state index in [4.69, 9.17) is 19.6 Å². The van der Waals surface area contributed by atoms with Gasteiger partial charge in [0.1, 0.15) is 17.4 Å². The number of rotatable bonds is 13. The quantitative estimate of drug-likeness (QED) is 0.0559. The summed E-state index contributed by atoms with van der Waals surface area (Å²) in [6, 6.07) is 26.0. The monoisotopic (exact) mass is 612 g/mol. The summed E-state index contributed by atoms with van der Waals surface area (Å²) in [5.74, 6) is -1.11. The van der Waals surface area contributed by atoms with Gasteiger partial charge in [-0.2, -0.15) is 0 Å². The van der Waals surface area contributed by atoms with E-state index in [1.165, 1.54) is 0 Å². The van der Waals surface area contributed by atoms with Gasteiger partial charge < -0.3 is 14.6 Å². The molecule has 45 heavy (non-hydrogen) atoms. The zero-order chi connectivity index (χ0) is 31.6. The fourth-order valence-electron chi connectivity index (χ4n) is 5.02. The summed E-state index contributed by atoms with van der Waals surface area (Å²) >= 11 is 0. The molecule has 0 radical (unpaired) electrons. The molecule has 0 spiro atoms. The number of amides is 1. The van der Waals surface area contributed by atoms with Crippen molar-refractivity contribution in [1.29, 1.82) is 0 Å².